The summed E-state index contributed by atoms with van der Waals surface area (Å²) in [7, 11) is 1.95. The maximum absolute atomic E-state index is 14.3. The van der Waals surface area contributed by atoms with E-state index in [1.165, 1.54) is 10.4 Å². The summed E-state index contributed by atoms with van der Waals surface area (Å²) in [6.07, 6.45) is 0. The first-order chi connectivity index (χ1) is 10.1. The van der Waals surface area contributed by atoms with Crippen LogP contribution < -0.4 is 5.32 Å². The van der Waals surface area contributed by atoms with Crippen LogP contribution in [0.15, 0.2) is 18.2 Å². The minimum absolute atomic E-state index is 0.0820. The van der Waals surface area contributed by atoms with Gasteiger partial charge in [-0.2, -0.15) is 0 Å². The van der Waals surface area contributed by atoms with Crippen molar-refractivity contribution in [2.45, 2.75) is 26.9 Å². The van der Waals surface area contributed by atoms with Crippen molar-refractivity contribution in [2.24, 2.45) is 11.8 Å². The SMILES string of the molecule is CNCc1sc2cccc(F)c2c1CN1CC(C)C(C)C1. The molecule has 2 atom stereocenters. The van der Waals surface area contributed by atoms with Gasteiger partial charge in [0.05, 0.1) is 0 Å². The largest absolute Gasteiger partial charge is 0.315 e. The van der Waals surface area contributed by atoms with Crippen LogP contribution in [-0.2, 0) is 13.1 Å². The number of rotatable bonds is 4. The zero-order valence-corrected chi connectivity index (χ0v) is 13.8. The van der Waals surface area contributed by atoms with Gasteiger partial charge in [0.25, 0.3) is 0 Å². The normalized spacial score (nSPS) is 23.2. The van der Waals surface area contributed by atoms with E-state index in [0.29, 0.717) is 0 Å². The Morgan fingerprint density at radius 3 is 2.67 bits per heavy atom. The predicted molar refractivity (Wildman–Crippen MR) is 88.2 cm³/mol. The van der Waals surface area contributed by atoms with Crippen molar-refractivity contribution in [1.29, 1.82) is 0 Å². The second kappa shape index (κ2) is 6.03. The second-order valence-corrected chi connectivity index (χ2v) is 7.43. The zero-order valence-electron chi connectivity index (χ0n) is 12.9. The highest BCUT2D eigenvalue weighted by Crippen LogP contribution is 2.35. The van der Waals surface area contributed by atoms with Crippen LogP contribution in [-0.4, -0.2) is 25.0 Å². The van der Waals surface area contributed by atoms with Gasteiger partial charge in [-0.25, -0.2) is 4.39 Å². The van der Waals surface area contributed by atoms with E-state index in [1.54, 1.807) is 23.5 Å². The van der Waals surface area contributed by atoms with Crippen LogP contribution >= 0.6 is 11.3 Å². The molecule has 3 rings (SSSR count). The van der Waals surface area contributed by atoms with Gasteiger partial charge in [-0.3, -0.25) is 4.90 Å². The lowest BCUT2D eigenvalue weighted by atomic mass is 10.0. The molecule has 0 saturated carbocycles. The molecule has 0 amide bonds. The van der Waals surface area contributed by atoms with E-state index >= 15 is 0 Å². The molecule has 1 aliphatic rings. The Balaban J connectivity index is 1.97. The fraction of sp³-hybridized carbons (Fsp3) is 0.529. The molecule has 4 heteroatoms. The summed E-state index contributed by atoms with van der Waals surface area (Å²) in [6, 6.07) is 5.42. The van der Waals surface area contributed by atoms with Crippen LogP contribution in [0.25, 0.3) is 10.1 Å². The van der Waals surface area contributed by atoms with E-state index < -0.39 is 0 Å². The lowest BCUT2D eigenvalue weighted by Gasteiger charge is -2.16. The molecule has 0 aliphatic carbocycles. The van der Waals surface area contributed by atoms with E-state index in [4.69, 9.17) is 0 Å². The van der Waals surface area contributed by atoms with E-state index in [-0.39, 0.29) is 5.82 Å². The maximum Gasteiger partial charge on any atom is 0.132 e. The molecule has 2 nitrogen and oxygen atoms in total. The summed E-state index contributed by atoms with van der Waals surface area (Å²) >= 11 is 1.72. The van der Waals surface area contributed by atoms with Crippen LogP contribution in [0.4, 0.5) is 4.39 Å². The van der Waals surface area contributed by atoms with Crippen molar-refractivity contribution in [3.63, 3.8) is 0 Å². The number of thiophene rings is 1. The monoisotopic (exact) mass is 306 g/mol. The average Bonchev–Trinajstić information content (AvgIpc) is 2.93. The molecular formula is C17H23FN2S. The molecule has 0 bridgehead atoms. The molecule has 2 aromatic rings. The predicted octanol–water partition coefficient (Wildman–Crippen LogP) is 3.85. The zero-order chi connectivity index (χ0) is 15.0. The maximum atomic E-state index is 14.3. The van der Waals surface area contributed by atoms with Crippen molar-refractivity contribution in [3.8, 4) is 0 Å². The van der Waals surface area contributed by atoms with Gasteiger partial charge < -0.3 is 5.32 Å². The highest BCUT2D eigenvalue weighted by Gasteiger charge is 2.27. The Bertz CT molecular complexity index is 627. The van der Waals surface area contributed by atoms with Gasteiger partial charge in [-0.1, -0.05) is 19.9 Å². The Morgan fingerprint density at radius 1 is 1.29 bits per heavy atom. The van der Waals surface area contributed by atoms with Gasteiger partial charge in [0, 0.05) is 41.1 Å². The lowest BCUT2D eigenvalue weighted by molar-refractivity contribution is 0.316. The lowest BCUT2D eigenvalue weighted by Crippen LogP contribution is -2.21. The summed E-state index contributed by atoms with van der Waals surface area (Å²) < 4.78 is 15.4. The number of hydrogen-bond donors (Lipinski definition) is 1. The van der Waals surface area contributed by atoms with Gasteiger partial charge in [-0.15, -0.1) is 11.3 Å². The summed E-state index contributed by atoms with van der Waals surface area (Å²) in [4.78, 5) is 3.74. The van der Waals surface area contributed by atoms with E-state index in [0.717, 1.165) is 48.1 Å². The van der Waals surface area contributed by atoms with Crippen LogP contribution in [0.1, 0.15) is 24.3 Å². The molecular weight excluding hydrogens is 283 g/mol. The molecule has 114 valence electrons. The van der Waals surface area contributed by atoms with Gasteiger partial charge in [0.2, 0.25) is 0 Å². The Morgan fingerprint density at radius 2 is 2.00 bits per heavy atom. The first-order valence-corrected chi connectivity index (χ1v) is 8.47. The minimum Gasteiger partial charge on any atom is -0.315 e. The summed E-state index contributed by atoms with van der Waals surface area (Å²) in [5, 5.41) is 4.05. The number of likely N-dealkylation sites (tertiary alicyclic amines) is 1. The van der Waals surface area contributed by atoms with Crippen LogP contribution in [0, 0.1) is 17.7 Å². The molecule has 1 N–H and O–H groups in total. The number of nitrogens with one attached hydrogen (secondary N) is 1. The molecule has 1 aromatic carbocycles. The van der Waals surface area contributed by atoms with Crippen molar-refractivity contribution in [2.75, 3.05) is 20.1 Å². The Kier molecular flexibility index (Phi) is 4.29. The molecule has 1 aliphatic heterocycles. The third-order valence-electron chi connectivity index (χ3n) is 4.63. The smallest absolute Gasteiger partial charge is 0.132 e. The number of benzene rings is 1. The quantitative estimate of drug-likeness (QED) is 0.923. The minimum atomic E-state index is -0.0820. The molecule has 1 fully saturated rings. The van der Waals surface area contributed by atoms with Crippen molar-refractivity contribution < 1.29 is 4.39 Å². The first kappa shape index (κ1) is 14.9. The summed E-state index contributed by atoms with van der Waals surface area (Å²) in [5.74, 6) is 1.38. The van der Waals surface area contributed by atoms with Crippen LogP contribution in [0.2, 0.25) is 0 Å². The highest BCUT2D eigenvalue weighted by molar-refractivity contribution is 7.19. The fourth-order valence-corrected chi connectivity index (χ4v) is 4.53. The average molecular weight is 306 g/mol. The van der Waals surface area contributed by atoms with E-state index in [1.807, 2.05) is 13.1 Å². The standard InChI is InChI=1S/C17H23FN2S/c1-11-8-20(9-12(11)2)10-13-16(7-19-3)21-15-6-4-5-14(18)17(13)15/h4-6,11-12,19H,7-10H2,1-3H3. The Labute approximate surface area is 130 Å². The third-order valence-corrected chi connectivity index (χ3v) is 5.83. The molecule has 0 radical (unpaired) electrons. The summed E-state index contributed by atoms with van der Waals surface area (Å²) in [5.41, 5.74) is 1.18. The van der Waals surface area contributed by atoms with Crippen LogP contribution in [0.3, 0.4) is 0 Å². The Hall–Kier alpha value is -0.970. The third kappa shape index (κ3) is 2.85. The first-order valence-electron chi connectivity index (χ1n) is 7.66. The fourth-order valence-electron chi connectivity index (χ4n) is 3.29. The van der Waals surface area contributed by atoms with E-state index in [9.17, 15) is 4.39 Å². The van der Waals surface area contributed by atoms with Crippen LogP contribution in [0.5, 0.6) is 0 Å². The molecule has 2 heterocycles. The van der Waals surface area contributed by atoms with E-state index in [2.05, 4.69) is 24.1 Å². The van der Waals surface area contributed by atoms with Gasteiger partial charge in [0.1, 0.15) is 5.82 Å². The highest BCUT2D eigenvalue weighted by atomic mass is 32.1. The number of halogens is 1. The van der Waals surface area contributed by atoms with Crippen molar-refractivity contribution in [1.82, 2.24) is 10.2 Å². The molecule has 2 unspecified atom stereocenters. The summed E-state index contributed by atoms with van der Waals surface area (Å²) in [6.45, 7) is 8.54. The number of fused-ring (bicyclic) bond motifs is 1. The molecule has 0 spiro atoms. The second-order valence-electron chi connectivity index (χ2n) is 6.30. The molecule has 1 saturated heterocycles. The van der Waals surface area contributed by atoms with Gasteiger partial charge in [-0.05, 0) is 36.6 Å². The van der Waals surface area contributed by atoms with Gasteiger partial charge >= 0.3 is 0 Å². The number of hydrogen-bond acceptors (Lipinski definition) is 3. The topological polar surface area (TPSA) is 15.3 Å². The van der Waals surface area contributed by atoms with Crippen molar-refractivity contribution in [3.05, 3.63) is 34.5 Å². The molecule has 1 aromatic heterocycles. The number of nitrogens with zero attached hydrogens (tertiary/aromatic N) is 1. The van der Waals surface area contributed by atoms with Gasteiger partial charge in [0.15, 0.2) is 0 Å². The molecule has 21 heavy (non-hydrogen) atoms. The van der Waals surface area contributed by atoms with Crippen molar-refractivity contribution >= 4 is 21.4 Å².